The van der Waals surface area contributed by atoms with Crippen LogP contribution in [0, 0.1) is 5.41 Å². The fraction of sp³-hybridized carbons (Fsp3) is 1.00. The lowest BCUT2D eigenvalue weighted by atomic mass is 9.82. The average molecular weight is 230 g/mol. The molecule has 0 bridgehead atoms. The van der Waals surface area contributed by atoms with E-state index in [9.17, 15) is 5.11 Å². The lowest BCUT2D eigenvalue weighted by Gasteiger charge is -2.34. The molecule has 16 heavy (non-hydrogen) atoms. The number of rotatable bonds is 6. The Morgan fingerprint density at radius 2 is 1.62 bits per heavy atom. The maximum Gasteiger partial charge on any atom is 0.0791 e. The number of hydrogen-bond acceptors (Lipinski definition) is 3. The van der Waals surface area contributed by atoms with Gasteiger partial charge in [0.2, 0.25) is 0 Å². The highest BCUT2D eigenvalue weighted by atomic mass is 16.3. The number of hydrogen-bond donors (Lipinski definition) is 2. The number of aliphatic hydroxyl groups is 1. The molecule has 0 saturated carbocycles. The molecule has 0 aliphatic rings. The molecule has 0 saturated heterocycles. The molecular formula is C13H30N2O. The van der Waals surface area contributed by atoms with Gasteiger partial charge in [-0.3, -0.25) is 0 Å². The minimum atomic E-state index is -0.297. The Labute approximate surface area is 101 Å². The van der Waals surface area contributed by atoms with Crippen LogP contribution in [0.3, 0.4) is 0 Å². The molecule has 0 aromatic carbocycles. The highest BCUT2D eigenvalue weighted by molar-refractivity contribution is 4.84. The summed E-state index contributed by atoms with van der Waals surface area (Å²) in [4.78, 5) is 2.00. The normalized spacial score (nSPS) is 15.6. The number of aliphatic hydroxyl groups excluding tert-OH is 1. The summed E-state index contributed by atoms with van der Waals surface area (Å²) >= 11 is 0. The fourth-order valence-electron chi connectivity index (χ4n) is 2.27. The van der Waals surface area contributed by atoms with Crippen LogP contribution in [0.4, 0.5) is 0 Å². The Morgan fingerprint density at radius 1 is 1.12 bits per heavy atom. The maximum atomic E-state index is 9.78. The Bertz CT molecular complexity index is 195. The van der Waals surface area contributed by atoms with E-state index in [2.05, 4.69) is 39.9 Å². The second kappa shape index (κ2) is 5.99. The zero-order chi connectivity index (χ0) is 13.0. The summed E-state index contributed by atoms with van der Waals surface area (Å²) < 4.78 is 0. The number of likely N-dealkylation sites (N-methyl/N-ethyl adjacent to an activating group) is 1. The molecule has 0 aliphatic heterocycles. The van der Waals surface area contributed by atoms with Gasteiger partial charge in [0.25, 0.3) is 0 Å². The molecule has 3 nitrogen and oxygen atoms in total. The van der Waals surface area contributed by atoms with Crippen LogP contribution in [0.25, 0.3) is 0 Å². The Kier molecular flexibility index (Phi) is 5.94. The van der Waals surface area contributed by atoms with Crippen LogP contribution in [-0.4, -0.2) is 48.8 Å². The standard InChI is InChI=1S/C13H30N2O/c1-12(2,3)10-13(4,5)14-8-11(16)9-15(6)7/h11,14,16H,8-10H2,1-7H3. The van der Waals surface area contributed by atoms with E-state index in [4.69, 9.17) is 0 Å². The topological polar surface area (TPSA) is 35.5 Å². The lowest BCUT2D eigenvalue weighted by molar-refractivity contribution is 0.118. The molecule has 0 heterocycles. The van der Waals surface area contributed by atoms with Crippen molar-refractivity contribution in [1.82, 2.24) is 10.2 Å². The van der Waals surface area contributed by atoms with Crippen LogP contribution < -0.4 is 5.32 Å². The van der Waals surface area contributed by atoms with E-state index >= 15 is 0 Å². The second-order valence-corrected chi connectivity index (χ2v) is 6.92. The van der Waals surface area contributed by atoms with E-state index in [1.54, 1.807) is 0 Å². The van der Waals surface area contributed by atoms with Crippen molar-refractivity contribution < 1.29 is 5.11 Å². The largest absolute Gasteiger partial charge is 0.390 e. The van der Waals surface area contributed by atoms with Crippen LogP contribution in [0.5, 0.6) is 0 Å². The molecule has 0 fully saturated rings. The first-order valence-corrected chi connectivity index (χ1v) is 6.10. The predicted octanol–water partition coefficient (Wildman–Crippen LogP) is 1.71. The van der Waals surface area contributed by atoms with Gasteiger partial charge in [0.15, 0.2) is 0 Å². The van der Waals surface area contributed by atoms with Crippen LogP contribution in [0.1, 0.15) is 41.0 Å². The van der Waals surface area contributed by atoms with Crippen molar-refractivity contribution >= 4 is 0 Å². The van der Waals surface area contributed by atoms with E-state index in [0.29, 0.717) is 18.5 Å². The highest BCUT2D eigenvalue weighted by Gasteiger charge is 2.25. The molecule has 0 aromatic heterocycles. The van der Waals surface area contributed by atoms with E-state index < -0.39 is 0 Å². The van der Waals surface area contributed by atoms with Crippen molar-refractivity contribution in [3.63, 3.8) is 0 Å². The summed E-state index contributed by atoms with van der Waals surface area (Å²) in [5.74, 6) is 0. The summed E-state index contributed by atoms with van der Waals surface area (Å²) in [7, 11) is 3.95. The quantitative estimate of drug-likeness (QED) is 0.729. The van der Waals surface area contributed by atoms with E-state index in [1.165, 1.54) is 0 Å². The minimum absolute atomic E-state index is 0.0749. The van der Waals surface area contributed by atoms with Gasteiger partial charge in [-0.1, -0.05) is 20.8 Å². The van der Waals surface area contributed by atoms with Crippen LogP contribution in [-0.2, 0) is 0 Å². The van der Waals surface area contributed by atoms with Gasteiger partial charge in [-0.15, -0.1) is 0 Å². The Balaban J connectivity index is 3.99. The molecular weight excluding hydrogens is 200 g/mol. The van der Waals surface area contributed by atoms with Crippen LogP contribution >= 0.6 is 0 Å². The third-order valence-electron chi connectivity index (χ3n) is 2.36. The van der Waals surface area contributed by atoms with E-state index in [1.807, 2.05) is 19.0 Å². The monoisotopic (exact) mass is 230 g/mol. The van der Waals surface area contributed by atoms with Crippen LogP contribution in [0.15, 0.2) is 0 Å². The number of nitrogens with one attached hydrogen (secondary N) is 1. The lowest BCUT2D eigenvalue weighted by Crippen LogP contribution is -2.47. The molecule has 0 amide bonds. The second-order valence-electron chi connectivity index (χ2n) is 6.92. The first-order valence-electron chi connectivity index (χ1n) is 6.10. The predicted molar refractivity (Wildman–Crippen MR) is 70.7 cm³/mol. The third kappa shape index (κ3) is 9.13. The number of nitrogens with zero attached hydrogens (tertiary/aromatic N) is 1. The van der Waals surface area contributed by atoms with Crippen molar-refractivity contribution in [3.8, 4) is 0 Å². The van der Waals surface area contributed by atoms with Crippen molar-refractivity contribution in [2.75, 3.05) is 27.2 Å². The van der Waals surface area contributed by atoms with E-state index in [-0.39, 0.29) is 11.6 Å². The Morgan fingerprint density at radius 3 is 2.00 bits per heavy atom. The highest BCUT2D eigenvalue weighted by Crippen LogP contribution is 2.26. The molecule has 1 atom stereocenters. The molecule has 2 N–H and O–H groups in total. The molecule has 0 aromatic rings. The first kappa shape index (κ1) is 15.9. The average Bonchev–Trinajstić information content (AvgIpc) is 1.95. The van der Waals surface area contributed by atoms with Crippen molar-refractivity contribution in [3.05, 3.63) is 0 Å². The van der Waals surface area contributed by atoms with Gasteiger partial charge >= 0.3 is 0 Å². The van der Waals surface area contributed by atoms with Gasteiger partial charge in [-0.2, -0.15) is 0 Å². The molecule has 0 radical (unpaired) electrons. The summed E-state index contributed by atoms with van der Waals surface area (Å²) in [6.45, 7) is 12.5. The fourth-order valence-corrected chi connectivity index (χ4v) is 2.27. The molecule has 0 rings (SSSR count). The van der Waals surface area contributed by atoms with Gasteiger partial charge in [-0.25, -0.2) is 0 Å². The van der Waals surface area contributed by atoms with Crippen molar-refractivity contribution in [2.24, 2.45) is 5.41 Å². The van der Waals surface area contributed by atoms with Gasteiger partial charge in [0, 0.05) is 18.6 Å². The third-order valence-corrected chi connectivity index (χ3v) is 2.36. The van der Waals surface area contributed by atoms with Crippen molar-refractivity contribution in [1.29, 1.82) is 0 Å². The van der Waals surface area contributed by atoms with E-state index in [0.717, 1.165) is 6.42 Å². The summed E-state index contributed by atoms with van der Waals surface area (Å²) in [6.07, 6.45) is 0.795. The SMILES string of the molecule is CN(C)CC(O)CNC(C)(C)CC(C)(C)C. The van der Waals surface area contributed by atoms with Gasteiger partial charge in [-0.05, 0) is 39.8 Å². The zero-order valence-corrected chi connectivity index (χ0v) is 12.1. The smallest absolute Gasteiger partial charge is 0.0791 e. The first-order chi connectivity index (χ1) is 7.02. The van der Waals surface area contributed by atoms with Gasteiger partial charge < -0.3 is 15.3 Å². The van der Waals surface area contributed by atoms with Crippen LogP contribution in [0.2, 0.25) is 0 Å². The summed E-state index contributed by atoms with van der Waals surface area (Å²) in [5, 5.41) is 13.2. The Hall–Kier alpha value is -0.120. The molecule has 98 valence electrons. The minimum Gasteiger partial charge on any atom is -0.390 e. The molecule has 0 aliphatic carbocycles. The van der Waals surface area contributed by atoms with Gasteiger partial charge in [0.05, 0.1) is 6.10 Å². The molecule has 3 heteroatoms. The summed E-state index contributed by atoms with van der Waals surface area (Å²) in [6, 6.07) is 0. The zero-order valence-electron chi connectivity index (χ0n) is 12.1. The molecule has 0 spiro atoms. The number of β-amino-alcohol motifs (C(OH)–C–C–N with tert-alkyl or cyclic N) is 1. The summed E-state index contributed by atoms with van der Waals surface area (Å²) in [5.41, 5.74) is 0.383. The maximum absolute atomic E-state index is 9.78. The van der Waals surface area contributed by atoms with Crippen molar-refractivity contribution in [2.45, 2.75) is 52.7 Å². The molecule has 1 unspecified atom stereocenters. The van der Waals surface area contributed by atoms with Gasteiger partial charge in [0.1, 0.15) is 0 Å².